The number of rotatable bonds is 2. The maximum atomic E-state index is 13.3. The average Bonchev–Trinajstić information content (AvgIpc) is 3.12. The summed E-state index contributed by atoms with van der Waals surface area (Å²) in [5.41, 5.74) is 0.0637. The standard InChI is InChI=1S/C20H25ClFN3O2/c21-17-11-15(22)4-5-16(17)18(26)24-7-9-25(10-8-24)19(27)20-6-2-1-3-14(20)12-23-13-20/h4-5,11,14,23H,1-3,6-10,12-13H2/t14-,20+/m0/s1. The Labute approximate surface area is 163 Å². The fraction of sp³-hybridized carbons (Fsp3) is 0.600. The lowest BCUT2D eigenvalue weighted by molar-refractivity contribution is -0.146. The molecule has 2 aliphatic heterocycles. The van der Waals surface area contributed by atoms with Gasteiger partial charge in [0.25, 0.3) is 5.91 Å². The van der Waals surface area contributed by atoms with Crippen LogP contribution in [0.5, 0.6) is 0 Å². The van der Waals surface area contributed by atoms with Crippen LogP contribution in [-0.2, 0) is 4.79 Å². The number of fused-ring (bicyclic) bond motifs is 1. The molecule has 2 saturated heterocycles. The first-order chi connectivity index (χ1) is 13.0. The molecule has 5 nitrogen and oxygen atoms in total. The van der Waals surface area contributed by atoms with Gasteiger partial charge < -0.3 is 15.1 Å². The minimum absolute atomic E-state index is 0.125. The summed E-state index contributed by atoms with van der Waals surface area (Å²) in [6.45, 7) is 3.75. The lowest BCUT2D eigenvalue weighted by Gasteiger charge is -2.43. The van der Waals surface area contributed by atoms with E-state index in [1.807, 2.05) is 4.90 Å². The summed E-state index contributed by atoms with van der Waals surface area (Å²) in [6, 6.07) is 3.83. The van der Waals surface area contributed by atoms with Gasteiger partial charge in [-0.1, -0.05) is 24.4 Å². The molecule has 3 aliphatic rings. The monoisotopic (exact) mass is 393 g/mol. The molecule has 1 aromatic rings. The van der Waals surface area contributed by atoms with Crippen molar-refractivity contribution < 1.29 is 14.0 Å². The second-order valence-corrected chi connectivity index (χ2v) is 8.35. The lowest BCUT2D eigenvalue weighted by Crippen LogP contribution is -2.56. The Hall–Kier alpha value is -1.66. The van der Waals surface area contributed by atoms with Crippen LogP contribution in [0.3, 0.4) is 0 Å². The SMILES string of the molecule is O=C(c1ccc(F)cc1Cl)N1CCN(C(=O)[C@@]23CCCC[C@H]2CNC3)CC1. The van der Waals surface area contributed by atoms with Crippen LogP contribution in [0.25, 0.3) is 0 Å². The summed E-state index contributed by atoms with van der Waals surface area (Å²) in [6.07, 6.45) is 4.42. The number of hydrogen-bond donors (Lipinski definition) is 1. The van der Waals surface area contributed by atoms with Crippen molar-refractivity contribution in [2.45, 2.75) is 25.7 Å². The van der Waals surface area contributed by atoms with Crippen molar-refractivity contribution in [1.82, 2.24) is 15.1 Å². The van der Waals surface area contributed by atoms with Crippen LogP contribution in [0, 0.1) is 17.2 Å². The first-order valence-corrected chi connectivity index (χ1v) is 10.1. The molecular weight excluding hydrogens is 369 g/mol. The van der Waals surface area contributed by atoms with E-state index in [9.17, 15) is 14.0 Å². The molecule has 2 heterocycles. The maximum Gasteiger partial charge on any atom is 0.255 e. The predicted octanol–water partition coefficient (Wildman–Crippen LogP) is 2.54. The third kappa shape index (κ3) is 3.34. The molecule has 3 fully saturated rings. The molecule has 1 N–H and O–H groups in total. The minimum Gasteiger partial charge on any atom is -0.339 e. The second-order valence-electron chi connectivity index (χ2n) is 7.94. The Morgan fingerprint density at radius 3 is 2.63 bits per heavy atom. The molecule has 0 bridgehead atoms. The quantitative estimate of drug-likeness (QED) is 0.840. The molecule has 1 saturated carbocycles. The van der Waals surface area contributed by atoms with Gasteiger partial charge in [0.2, 0.25) is 5.91 Å². The number of hydrogen-bond acceptors (Lipinski definition) is 3. The van der Waals surface area contributed by atoms with Gasteiger partial charge in [-0.2, -0.15) is 0 Å². The van der Waals surface area contributed by atoms with Crippen LogP contribution < -0.4 is 5.32 Å². The number of halogens is 2. The van der Waals surface area contributed by atoms with Gasteiger partial charge in [-0.3, -0.25) is 9.59 Å². The molecule has 7 heteroatoms. The van der Waals surface area contributed by atoms with Crippen molar-refractivity contribution in [2.24, 2.45) is 11.3 Å². The van der Waals surface area contributed by atoms with Gasteiger partial charge in [0.05, 0.1) is 16.0 Å². The molecule has 146 valence electrons. The first kappa shape index (κ1) is 18.7. The van der Waals surface area contributed by atoms with Crippen LogP contribution in [0.15, 0.2) is 18.2 Å². The fourth-order valence-corrected chi connectivity index (χ4v) is 5.18. The molecule has 0 spiro atoms. The Morgan fingerprint density at radius 1 is 1.15 bits per heavy atom. The molecule has 0 unspecified atom stereocenters. The highest BCUT2D eigenvalue weighted by Crippen LogP contribution is 2.45. The van der Waals surface area contributed by atoms with Crippen LogP contribution in [-0.4, -0.2) is 60.9 Å². The first-order valence-electron chi connectivity index (χ1n) is 9.76. The van der Waals surface area contributed by atoms with Gasteiger partial charge in [-0.25, -0.2) is 4.39 Å². The molecule has 1 aromatic carbocycles. The number of nitrogens with zero attached hydrogens (tertiary/aromatic N) is 2. The van der Waals surface area contributed by atoms with Gasteiger partial charge in [0, 0.05) is 32.7 Å². The maximum absolute atomic E-state index is 13.3. The van der Waals surface area contributed by atoms with E-state index < -0.39 is 5.82 Å². The zero-order valence-electron chi connectivity index (χ0n) is 15.3. The normalized spacial score (nSPS) is 28.1. The summed E-state index contributed by atoms with van der Waals surface area (Å²) in [5, 5.41) is 3.55. The van der Waals surface area contributed by atoms with Gasteiger partial charge in [0.1, 0.15) is 5.82 Å². The van der Waals surface area contributed by atoms with E-state index in [1.54, 1.807) is 4.90 Å². The van der Waals surface area contributed by atoms with Crippen molar-refractivity contribution in [1.29, 1.82) is 0 Å². The lowest BCUT2D eigenvalue weighted by atomic mass is 9.67. The Balaban J connectivity index is 1.41. The summed E-state index contributed by atoms with van der Waals surface area (Å²) in [4.78, 5) is 29.6. The highest BCUT2D eigenvalue weighted by Gasteiger charge is 2.51. The number of benzene rings is 1. The predicted molar refractivity (Wildman–Crippen MR) is 101 cm³/mol. The van der Waals surface area contributed by atoms with E-state index in [0.717, 1.165) is 38.4 Å². The molecular formula is C20H25ClFN3O2. The van der Waals surface area contributed by atoms with Crippen molar-refractivity contribution in [3.05, 3.63) is 34.6 Å². The van der Waals surface area contributed by atoms with Crippen LogP contribution in [0.1, 0.15) is 36.0 Å². The Kier molecular flexibility index (Phi) is 5.12. The number of carbonyl (C=O) groups is 2. The topological polar surface area (TPSA) is 52.7 Å². The highest BCUT2D eigenvalue weighted by molar-refractivity contribution is 6.33. The number of amides is 2. The van der Waals surface area contributed by atoms with E-state index in [2.05, 4.69) is 5.32 Å². The molecule has 0 radical (unpaired) electrons. The molecule has 2 atom stereocenters. The average molecular weight is 394 g/mol. The molecule has 0 aromatic heterocycles. The molecule has 2 amide bonds. The Bertz CT molecular complexity index is 751. The third-order valence-corrected chi connectivity index (χ3v) is 6.79. The summed E-state index contributed by atoms with van der Waals surface area (Å²) in [5.74, 6) is 0.0299. The Morgan fingerprint density at radius 2 is 1.89 bits per heavy atom. The molecule has 4 rings (SSSR count). The molecule has 27 heavy (non-hydrogen) atoms. The smallest absolute Gasteiger partial charge is 0.255 e. The third-order valence-electron chi connectivity index (χ3n) is 6.48. The molecule has 1 aliphatic carbocycles. The van der Waals surface area contributed by atoms with Crippen LogP contribution >= 0.6 is 11.6 Å². The van der Waals surface area contributed by atoms with E-state index in [4.69, 9.17) is 11.6 Å². The van der Waals surface area contributed by atoms with Gasteiger partial charge in [0.15, 0.2) is 0 Å². The van der Waals surface area contributed by atoms with Crippen molar-refractivity contribution in [2.75, 3.05) is 39.3 Å². The van der Waals surface area contributed by atoms with E-state index in [0.29, 0.717) is 37.7 Å². The summed E-state index contributed by atoms with van der Waals surface area (Å²) < 4.78 is 13.2. The number of piperazine rings is 1. The second kappa shape index (κ2) is 7.40. The number of nitrogens with one attached hydrogen (secondary N) is 1. The van der Waals surface area contributed by atoms with Gasteiger partial charge in [-0.15, -0.1) is 0 Å². The van der Waals surface area contributed by atoms with E-state index in [-0.39, 0.29) is 22.3 Å². The zero-order valence-corrected chi connectivity index (χ0v) is 16.1. The van der Waals surface area contributed by atoms with Gasteiger partial charge >= 0.3 is 0 Å². The van der Waals surface area contributed by atoms with Crippen LogP contribution in [0.4, 0.5) is 4.39 Å². The zero-order chi connectivity index (χ0) is 19.0. The summed E-state index contributed by atoms with van der Waals surface area (Å²) in [7, 11) is 0. The van der Waals surface area contributed by atoms with E-state index in [1.165, 1.54) is 18.6 Å². The fourth-order valence-electron chi connectivity index (χ4n) is 4.93. The highest BCUT2D eigenvalue weighted by atomic mass is 35.5. The van der Waals surface area contributed by atoms with Crippen molar-refractivity contribution >= 4 is 23.4 Å². The van der Waals surface area contributed by atoms with Crippen molar-refractivity contribution in [3.8, 4) is 0 Å². The minimum atomic E-state index is -0.460. The summed E-state index contributed by atoms with van der Waals surface area (Å²) >= 11 is 6.03. The van der Waals surface area contributed by atoms with E-state index >= 15 is 0 Å². The largest absolute Gasteiger partial charge is 0.339 e. The van der Waals surface area contributed by atoms with Crippen LogP contribution in [0.2, 0.25) is 5.02 Å². The van der Waals surface area contributed by atoms with Gasteiger partial charge in [-0.05, 0) is 43.5 Å². The number of carbonyl (C=O) groups excluding carboxylic acids is 2. The van der Waals surface area contributed by atoms with Crippen molar-refractivity contribution in [3.63, 3.8) is 0 Å².